The highest BCUT2D eigenvalue weighted by molar-refractivity contribution is 5.56. The van der Waals surface area contributed by atoms with Gasteiger partial charge in [0.25, 0.3) is 0 Å². The number of benzene rings is 1. The topological polar surface area (TPSA) is 35.1 Å². The molecule has 0 radical (unpaired) electrons. The maximum atomic E-state index is 6.00. The molecule has 2 heterocycles. The summed E-state index contributed by atoms with van der Waals surface area (Å²) < 4.78 is 11.6. The molecule has 0 aliphatic carbocycles. The molecule has 0 aromatic heterocycles. The molecule has 1 aromatic rings. The predicted molar refractivity (Wildman–Crippen MR) is 65.7 cm³/mol. The van der Waals surface area contributed by atoms with Gasteiger partial charge in [-0.3, -0.25) is 0 Å². The van der Waals surface area contributed by atoms with E-state index in [1.165, 1.54) is 16.7 Å². The molecule has 2 aliphatic rings. The van der Waals surface area contributed by atoms with Crippen molar-refractivity contribution in [2.75, 3.05) is 13.7 Å². The van der Waals surface area contributed by atoms with Gasteiger partial charge in [0.15, 0.2) is 0 Å². The molecular weight excluding hydrogens is 214 g/mol. The minimum atomic E-state index is 0.301. The van der Waals surface area contributed by atoms with Gasteiger partial charge in [0, 0.05) is 24.0 Å². The molecular formula is C14H20NO2+. The zero-order valence-electron chi connectivity index (χ0n) is 10.7. The van der Waals surface area contributed by atoms with Crippen molar-refractivity contribution in [3.05, 3.63) is 22.8 Å². The fourth-order valence-electron chi connectivity index (χ4n) is 3.11. The van der Waals surface area contributed by atoms with Crippen LogP contribution in [0, 0.1) is 0 Å². The molecule has 17 heavy (non-hydrogen) atoms. The smallest absolute Gasteiger partial charge is 0.132 e. The quantitative estimate of drug-likeness (QED) is 0.792. The van der Waals surface area contributed by atoms with Gasteiger partial charge in [-0.05, 0) is 19.9 Å². The summed E-state index contributed by atoms with van der Waals surface area (Å²) in [6.45, 7) is 5.53. The lowest BCUT2D eigenvalue weighted by Gasteiger charge is -2.25. The van der Waals surface area contributed by atoms with E-state index in [-0.39, 0.29) is 0 Å². The van der Waals surface area contributed by atoms with Crippen molar-refractivity contribution in [3.8, 4) is 11.5 Å². The molecule has 0 fully saturated rings. The number of methoxy groups -OCH3 is 1. The third-order valence-electron chi connectivity index (χ3n) is 3.88. The minimum Gasteiger partial charge on any atom is -0.496 e. The second kappa shape index (κ2) is 3.91. The lowest BCUT2D eigenvalue weighted by atomic mass is 9.91. The molecule has 0 saturated carbocycles. The lowest BCUT2D eigenvalue weighted by Crippen LogP contribution is -2.86. The van der Waals surface area contributed by atoms with E-state index >= 15 is 0 Å². The van der Waals surface area contributed by atoms with E-state index in [4.69, 9.17) is 9.47 Å². The minimum absolute atomic E-state index is 0.301. The summed E-state index contributed by atoms with van der Waals surface area (Å²) in [4.78, 5) is 0. The van der Waals surface area contributed by atoms with Gasteiger partial charge in [-0.1, -0.05) is 0 Å². The van der Waals surface area contributed by atoms with Crippen LogP contribution in [0.2, 0.25) is 0 Å². The number of ether oxygens (including phenoxy) is 2. The maximum Gasteiger partial charge on any atom is 0.132 e. The van der Waals surface area contributed by atoms with E-state index in [0.29, 0.717) is 12.1 Å². The SMILES string of the molecule is COc1cc2c(c3c1CC[NH2+]C3C)OC(C)C2. The van der Waals surface area contributed by atoms with Gasteiger partial charge in [-0.25, -0.2) is 0 Å². The van der Waals surface area contributed by atoms with Crippen LogP contribution in [-0.4, -0.2) is 19.8 Å². The molecule has 2 aliphatic heterocycles. The van der Waals surface area contributed by atoms with Crippen molar-refractivity contribution in [2.45, 2.75) is 38.8 Å². The largest absolute Gasteiger partial charge is 0.496 e. The maximum absolute atomic E-state index is 6.00. The van der Waals surface area contributed by atoms with Crippen LogP contribution in [0.4, 0.5) is 0 Å². The Morgan fingerprint density at radius 1 is 1.41 bits per heavy atom. The summed E-state index contributed by atoms with van der Waals surface area (Å²) in [6, 6.07) is 2.66. The molecule has 2 unspecified atom stereocenters. The molecule has 0 amide bonds. The number of quaternary nitrogens is 1. The van der Waals surface area contributed by atoms with Crippen LogP contribution in [0.15, 0.2) is 6.07 Å². The van der Waals surface area contributed by atoms with Gasteiger partial charge in [0.2, 0.25) is 0 Å². The average molecular weight is 234 g/mol. The lowest BCUT2D eigenvalue weighted by molar-refractivity contribution is -0.695. The van der Waals surface area contributed by atoms with E-state index in [2.05, 4.69) is 25.2 Å². The van der Waals surface area contributed by atoms with Crippen LogP contribution in [-0.2, 0) is 12.8 Å². The standard InChI is InChI=1S/C14H19NO2/c1-8-6-10-7-12(16-3)11-4-5-15-9(2)13(11)14(10)17-8/h7-9,15H,4-6H2,1-3H3/p+1. The van der Waals surface area contributed by atoms with Crippen LogP contribution in [0.3, 0.4) is 0 Å². The van der Waals surface area contributed by atoms with Crippen molar-refractivity contribution in [1.82, 2.24) is 0 Å². The van der Waals surface area contributed by atoms with Crippen LogP contribution in [0.1, 0.15) is 36.6 Å². The van der Waals surface area contributed by atoms with E-state index < -0.39 is 0 Å². The fraction of sp³-hybridized carbons (Fsp3) is 0.571. The Labute approximate surface area is 102 Å². The second-order valence-electron chi connectivity index (χ2n) is 5.15. The Bertz CT molecular complexity index is 456. The first-order valence-electron chi connectivity index (χ1n) is 6.43. The first-order valence-corrected chi connectivity index (χ1v) is 6.43. The highest BCUT2D eigenvalue weighted by atomic mass is 16.5. The molecule has 0 saturated heterocycles. The van der Waals surface area contributed by atoms with Gasteiger partial charge in [0.05, 0.1) is 19.2 Å². The second-order valence-corrected chi connectivity index (χ2v) is 5.15. The first-order chi connectivity index (χ1) is 8.20. The monoisotopic (exact) mass is 234 g/mol. The van der Waals surface area contributed by atoms with Crippen molar-refractivity contribution in [3.63, 3.8) is 0 Å². The highest BCUT2D eigenvalue weighted by Gasteiger charge is 2.32. The van der Waals surface area contributed by atoms with Gasteiger partial charge in [-0.2, -0.15) is 0 Å². The van der Waals surface area contributed by atoms with E-state index in [1.807, 2.05) is 0 Å². The third kappa shape index (κ3) is 1.61. The molecule has 0 bridgehead atoms. The molecule has 2 atom stereocenters. The third-order valence-corrected chi connectivity index (χ3v) is 3.88. The van der Waals surface area contributed by atoms with Gasteiger partial charge in [0.1, 0.15) is 23.6 Å². The van der Waals surface area contributed by atoms with Crippen molar-refractivity contribution >= 4 is 0 Å². The first kappa shape index (κ1) is 10.9. The number of hydrogen-bond donors (Lipinski definition) is 1. The summed E-state index contributed by atoms with van der Waals surface area (Å²) in [6.07, 6.45) is 2.38. The molecule has 0 spiro atoms. The van der Waals surface area contributed by atoms with Crippen LogP contribution >= 0.6 is 0 Å². The van der Waals surface area contributed by atoms with E-state index in [9.17, 15) is 0 Å². The Kier molecular flexibility index (Phi) is 2.51. The molecule has 3 rings (SSSR count). The number of rotatable bonds is 1. The van der Waals surface area contributed by atoms with Crippen LogP contribution in [0.25, 0.3) is 0 Å². The average Bonchev–Trinajstić information content (AvgIpc) is 2.68. The molecule has 92 valence electrons. The zero-order chi connectivity index (χ0) is 12.0. The summed E-state index contributed by atoms with van der Waals surface area (Å²) >= 11 is 0. The highest BCUT2D eigenvalue weighted by Crippen LogP contribution is 2.42. The van der Waals surface area contributed by atoms with E-state index in [0.717, 1.165) is 30.9 Å². The number of nitrogens with two attached hydrogens (primary N) is 1. The van der Waals surface area contributed by atoms with Gasteiger partial charge < -0.3 is 14.8 Å². The number of fused-ring (bicyclic) bond motifs is 3. The van der Waals surface area contributed by atoms with E-state index in [1.54, 1.807) is 7.11 Å². The molecule has 3 nitrogen and oxygen atoms in total. The summed E-state index contributed by atoms with van der Waals surface area (Å²) in [5.41, 5.74) is 4.04. The number of hydrogen-bond acceptors (Lipinski definition) is 2. The molecule has 2 N–H and O–H groups in total. The predicted octanol–water partition coefficient (Wildman–Crippen LogP) is 1.20. The van der Waals surface area contributed by atoms with Crippen LogP contribution < -0.4 is 14.8 Å². The van der Waals surface area contributed by atoms with Crippen molar-refractivity contribution in [2.24, 2.45) is 0 Å². The summed E-state index contributed by atoms with van der Waals surface area (Å²) in [7, 11) is 1.77. The zero-order valence-corrected chi connectivity index (χ0v) is 10.7. The van der Waals surface area contributed by atoms with Gasteiger partial charge in [-0.15, -0.1) is 0 Å². The summed E-state index contributed by atoms with van der Waals surface area (Å²) in [5.74, 6) is 2.19. The molecule has 1 aromatic carbocycles. The Morgan fingerprint density at radius 3 is 3.00 bits per heavy atom. The van der Waals surface area contributed by atoms with Crippen LogP contribution in [0.5, 0.6) is 11.5 Å². The van der Waals surface area contributed by atoms with Crippen molar-refractivity contribution in [1.29, 1.82) is 0 Å². The van der Waals surface area contributed by atoms with Gasteiger partial charge >= 0.3 is 0 Å². The fourth-order valence-corrected chi connectivity index (χ4v) is 3.11. The van der Waals surface area contributed by atoms with Crippen molar-refractivity contribution < 1.29 is 14.8 Å². The summed E-state index contributed by atoms with van der Waals surface area (Å²) in [5, 5.41) is 2.38. The molecule has 3 heteroatoms. The normalized spacial score (nSPS) is 26.1. The Morgan fingerprint density at radius 2 is 2.24 bits per heavy atom. The Balaban J connectivity index is 2.20. The Hall–Kier alpha value is -1.22.